The molecule has 1 aliphatic rings. The SMILES string of the molecule is Cl.Cl.NC1CCC(F)(F)CNC1. The largest absolute Gasteiger partial charge is 0.327 e. The van der Waals surface area contributed by atoms with E-state index in [2.05, 4.69) is 5.32 Å². The Kier molecular flexibility index (Phi) is 7.32. The van der Waals surface area contributed by atoms with Gasteiger partial charge in [0.05, 0.1) is 6.54 Å². The summed E-state index contributed by atoms with van der Waals surface area (Å²) in [5, 5.41) is 2.61. The first kappa shape index (κ1) is 14.9. The Balaban J connectivity index is 0. The highest BCUT2D eigenvalue weighted by atomic mass is 35.5. The summed E-state index contributed by atoms with van der Waals surface area (Å²) < 4.78 is 25.0. The van der Waals surface area contributed by atoms with Crippen molar-refractivity contribution in [2.24, 2.45) is 5.73 Å². The summed E-state index contributed by atoms with van der Waals surface area (Å²) in [7, 11) is 0. The molecule has 1 atom stereocenters. The van der Waals surface area contributed by atoms with Crippen molar-refractivity contribution >= 4 is 24.8 Å². The smallest absolute Gasteiger partial charge is 0.260 e. The minimum Gasteiger partial charge on any atom is -0.327 e. The van der Waals surface area contributed by atoms with Gasteiger partial charge in [0, 0.05) is 19.0 Å². The quantitative estimate of drug-likeness (QED) is 0.647. The zero-order valence-electron chi connectivity index (χ0n) is 6.56. The molecular formula is C6H14Cl2F2N2. The van der Waals surface area contributed by atoms with E-state index in [-0.39, 0.29) is 43.8 Å². The van der Waals surface area contributed by atoms with Gasteiger partial charge in [0.2, 0.25) is 0 Å². The zero-order chi connectivity index (χ0) is 7.61. The van der Waals surface area contributed by atoms with E-state index in [0.29, 0.717) is 13.0 Å². The number of rotatable bonds is 0. The van der Waals surface area contributed by atoms with Gasteiger partial charge in [-0.25, -0.2) is 8.78 Å². The third-order valence-corrected chi connectivity index (χ3v) is 1.67. The predicted octanol–water partition coefficient (Wildman–Crippen LogP) is 1.18. The Morgan fingerprint density at radius 3 is 2.50 bits per heavy atom. The van der Waals surface area contributed by atoms with Crippen LogP contribution in [0, 0.1) is 0 Å². The molecule has 0 saturated carbocycles. The molecule has 0 bridgehead atoms. The minimum atomic E-state index is -2.55. The topological polar surface area (TPSA) is 38.0 Å². The summed E-state index contributed by atoms with van der Waals surface area (Å²) in [5.41, 5.74) is 5.46. The fraction of sp³-hybridized carbons (Fsp3) is 1.00. The molecule has 0 aromatic rings. The zero-order valence-corrected chi connectivity index (χ0v) is 8.19. The summed E-state index contributed by atoms with van der Waals surface area (Å²) in [6.07, 6.45) is 0.334. The maximum absolute atomic E-state index is 12.5. The predicted molar refractivity (Wildman–Crippen MR) is 49.5 cm³/mol. The second-order valence-electron chi connectivity index (χ2n) is 2.79. The standard InChI is InChI=1S/C6H12F2N2.2ClH/c7-6(8)2-1-5(9)3-10-4-6;;/h5,10H,1-4,9H2;2*1H. The lowest BCUT2D eigenvalue weighted by Gasteiger charge is -2.11. The summed E-state index contributed by atoms with van der Waals surface area (Å²) in [6, 6.07) is -0.103. The van der Waals surface area contributed by atoms with E-state index in [1.54, 1.807) is 0 Å². The van der Waals surface area contributed by atoms with Crippen molar-refractivity contribution in [3.8, 4) is 0 Å². The Labute approximate surface area is 83.1 Å². The normalized spacial score (nSPS) is 27.8. The molecule has 12 heavy (non-hydrogen) atoms. The summed E-state index contributed by atoms with van der Waals surface area (Å²) in [4.78, 5) is 0. The highest BCUT2D eigenvalue weighted by Crippen LogP contribution is 2.21. The van der Waals surface area contributed by atoms with E-state index < -0.39 is 5.92 Å². The van der Waals surface area contributed by atoms with Crippen LogP contribution in [0.25, 0.3) is 0 Å². The molecule has 0 spiro atoms. The van der Waals surface area contributed by atoms with E-state index in [4.69, 9.17) is 5.73 Å². The Bertz CT molecular complexity index is 124. The number of alkyl halides is 2. The highest BCUT2D eigenvalue weighted by molar-refractivity contribution is 5.85. The van der Waals surface area contributed by atoms with Crippen molar-refractivity contribution < 1.29 is 8.78 Å². The Hall–Kier alpha value is 0.360. The van der Waals surface area contributed by atoms with Crippen molar-refractivity contribution in [2.45, 2.75) is 24.8 Å². The van der Waals surface area contributed by atoms with Crippen LogP contribution in [0.4, 0.5) is 8.78 Å². The van der Waals surface area contributed by atoms with Crippen LogP contribution in [0.15, 0.2) is 0 Å². The first-order valence-electron chi connectivity index (χ1n) is 3.44. The molecule has 1 heterocycles. The van der Waals surface area contributed by atoms with Gasteiger partial charge in [-0.3, -0.25) is 0 Å². The molecule has 1 aliphatic heterocycles. The second-order valence-corrected chi connectivity index (χ2v) is 2.79. The molecule has 3 N–H and O–H groups in total. The number of nitrogens with two attached hydrogens (primary N) is 1. The first-order valence-corrected chi connectivity index (χ1v) is 3.44. The molecule has 0 aliphatic carbocycles. The number of nitrogens with one attached hydrogen (secondary N) is 1. The second kappa shape index (κ2) is 5.91. The lowest BCUT2D eigenvalue weighted by atomic mass is 10.1. The molecule has 0 radical (unpaired) electrons. The third kappa shape index (κ3) is 5.09. The molecule has 0 aromatic carbocycles. The van der Waals surface area contributed by atoms with Crippen molar-refractivity contribution in [1.29, 1.82) is 0 Å². The van der Waals surface area contributed by atoms with Crippen molar-refractivity contribution in [3.05, 3.63) is 0 Å². The monoisotopic (exact) mass is 222 g/mol. The maximum atomic E-state index is 12.5. The van der Waals surface area contributed by atoms with Crippen molar-refractivity contribution in [2.75, 3.05) is 13.1 Å². The van der Waals surface area contributed by atoms with Crippen LogP contribution in [0.1, 0.15) is 12.8 Å². The molecule has 2 nitrogen and oxygen atoms in total. The van der Waals surface area contributed by atoms with E-state index in [1.807, 2.05) is 0 Å². The third-order valence-electron chi connectivity index (χ3n) is 1.67. The molecular weight excluding hydrogens is 209 g/mol. The van der Waals surface area contributed by atoms with Gasteiger partial charge in [-0.05, 0) is 6.42 Å². The van der Waals surface area contributed by atoms with Gasteiger partial charge >= 0.3 is 0 Å². The molecule has 6 heteroatoms. The molecule has 1 rings (SSSR count). The molecule has 1 fully saturated rings. The lowest BCUT2D eigenvalue weighted by molar-refractivity contribution is -0.00201. The van der Waals surface area contributed by atoms with E-state index in [9.17, 15) is 8.78 Å². The minimum absolute atomic E-state index is 0. The van der Waals surface area contributed by atoms with Crippen LogP contribution in [-0.2, 0) is 0 Å². The molecule has 1 unspecified atom stereocenters. The summed E-state index contributed by atoms with van der Waals surface area (Å²) >= 11 is 0. The van der Waals surface area contributed by atoms with Crippen LogP contribution < -0.4 is 11.1 Å². The van der Waals surface area contributed by atoms with Gasteiger partial charge in [-0.2, -0.15) is 0 Å². The molecule has 0 aromatic heterocycles. The fourth-order valence-corrected chi connectivity index (χ4v) is 1.03. The number of hydrogen-bond acceptors (Lipinski definition) is 2. The van der Waals surface area contributed by atoms with Crippen molar-refractivity contribution in [3.63, 3.8) is 0 Å². The Morgan fingerprint density at radius 1 is 1.33 bits per heavy atom. The van der Waals surface area contributed by atoms with E-state index in [0.717, 1.165) is 0 Å². The summed E-state index contributed by atoms with van der Waals surface area (Å²) in [6.45, 7) is 0.288. The van der Waals surface area contributed by atoms with Crippen LogP contribution in [0.2, 0.25) is 0 Å². The van der Waals surface area contributed by atoms with Crippen LogP contribution in [-0.4, -0.2) is 25.1 Å². The molecule has 76 valence electrons. The van der Waals surface area contributed by atoms with Gasteiger partial charge in [-0.15, -0.1) is 24.8 Å². The lowest BCUT2D eigenvalue weighted by Crippen LogP contribution is -2.34. The van der Waals surface area contributed by atoms with Gasteiger partial charge < -0.3 is 11.1 Å². The van der Waals surface area contributed by atoms with Gasteiger partial charge in [0.1, 0.15) is 0 Å². The number of hydrogen-bond donors (Lipinski definition) is 2. The van der Waals surface area contributed by atoms with Gasteiger partial charge in [0.15, 0.2) is 0 Å². The van der Waals surface area contributed by atoms with Crippen molar-refractivity contribution in [1.82, 2.24) is 5.32 Å². The number of halogens is 4. The van der Waals surface area contributed by atoms with Crippen LogP contribution in [0.5, 0.6) is 0 Å². The average molecular weight is 223 g/mol. The first-order chi connectivity index (χ1) is 4.60. The van der Waals surface area contributed by atoms with Crippen LogP contribution in [0.3, 0.4) is 0 Å². The average Bonchev–Trinajstić information content (AvgIpc) is 1.94. The molecule has 0 amide bonds. The summed E-state index contributed by atoms with van der Waals surface area (Å²) in [5.74, 6) is -2.55. The van der Waals surface area contributed by atoms with E-state index >= 15 is 0 Å². The molecule has 1 saturated heterocycles. The maximum Gasteiger partial charge on any atom is 0.260 e. The van der Waals surface area contributed by atoms with Gasteiger partial charge in [0.25, 0.3) is 5.92 Å². The van der Waals surface area contributed by atoms with E-state index in [1.165, 1.54) is 0 Å². The van der Waals surface area contributed by atoms with Crippen LogP contribution >= 0.6 is 24.8 Å². The fourth-order valence-electron chi connectivity index (χ4n) is 1.03. The Morgan fingerprint density at radius 2 is 1.92 bits per heavy atom. The highest BCUT2D eigenvalue weighted by Gasteiger charge is 2.31. The van der Waals surface area contributed by atoms with Gasteiger partial charge in [-0.1, -0.05) is 0 Å².